The number of carboxylic acid groups (broad SMARTS) is 1. The van der Waals surface area contributed by atoms with E-state index in [9.17, 15) is 4.79 Å². The molecule has 3 heteroatoms. The van der Waals surface area contributed by atoms with Gasteiger partial charge in [0.2, 0.25) is 0 Å². The zero-order chi connectivity index (χ0) is 8.85. The van der Waals surface area contributed by atoms with E-state index in [1.807, 2.05) is 0 Å². The lowest BCUT2D eigenvalue weighted by atomic mass is 10.1. The zero-order valence-electron chi connectivity index (χ0n) is 7.00. The highest BCUT2D eigenvalue weighted by Gasteiger charge is 1.99. The summed E-state index contributed by atoms with van der Waals surface area (Å²) in [5.41, 5.74) is 5.11. The van der Waals surface area contributed by atoms with Crippen molar-refractivity contribution >= 4 is 5.97 Å². The molecule has 0 aliphatic rings. The van der Waals surface area contributed by atoms with Crippen molar-refractivity contribution in [2.45, 2.75) is 26.7 Å². The van der Waals surface area contributed by atoms with E-state index in [1.165, 1.54) is 0 Å². The molecule has 11 heavy (non-hydrogen) atoms. The van der Waals surface area contributed by atoms with Crippen molar-refractivity contribution in [2.75, 3.05) is 0 Å². The van der Waals surface area contributed by atoms with Crippen LogP contribution in [0, 0.1) is 5.92 Å². The molecular weight excluding hydrogens is 142 g/mol. The Kier molecular flexibility index (Phi) is 4.34. The monoisotopic (exact) mass is 157 g/mol. The standard InChI is InChI=1S/C8H15NO2/c1-6(2)4-3-5-7(9)8(10)11/h5-6H,3-4,9H2,1-2H3,(H,10,11)/b7-5-. The summed E-state index contributed by atoms with van der Waals surface area (Å²) in [6.07, 6.45) is 3.28. The van der Waals surface area contributed by atoms with Crippen LogP contribution in [0.25, 0.3) is 0 Å². The Morgan fingerprint density at radius 3 is 2.55 bits per heavy atom. The highest BCUT2D eigenvalue weighted by molar-refractivity contribution is 5.85. The second kappa shape index (κ2) is 4.77. The number of aliphatic carboxylic acids is 1. The minimum absolute atomic E-state index is 0.0503. The SMILES string of the molecule is CC(C)CC/C=C(\N)C(=O)O. The molecule has 0 aromatic carbocycles. The van der Waals surface area contributed by atoms with Crippen molar-refractivity contribution in [1.29, 1.82) is 0 Å². The molecule has 0 fully saturated rings. The van der Waals surface area contributed by atoms with E-state index >= 15 is 0 Å². The summed E-state index contributed by atoms with van der Waals surface area (Å²) in [5.74, 6) is -0.443. The lowest BCUT2D eigenvalue weighted by Crippen LogP contribution is -2.09. The molecule has 0 rings (SSSR count). The van der Waals surface area contributed by atoms with Gasteiger partial charge in [-0.05, 0) is 18.8 Å². The van der Waals surface area contributed by atoms with Crippen LogP contribution >= 0.6 is 0 Å². The number of allylic oxidation sites excluding steroid dienone is 1. The predicted molar refractivity (Wildman–Crippen MR) is 44.0 cm³/mol. The maximum atomic E-state index is 10.2. The van der Waals surface area contributed by atoms with Gasteiger partial charge in [-0.2, -0.15) is 0 Å². The summed E-state index contributed by atoms with van der Waals surface area (Å²) in [6.45, 7) is 4.18. The molecule has 3 nitrogen and oxygen atoms in total. The zero-order valence-corrected chi connectivity index (χ0v) is 7.00. The smallest absolute Gasteiger partial charge is 0.351 e. The van der Waals surface area contributed by atoms with Gasteiger partial charge in [0.1, 0.15) is 5.70 Å². The molecule has 0 aromatic heterocycles. The first-order valence-corrected chi connectivity index (χ1v) is 3.73. The molecule has 0 aliphatic carbocycles. The molecule has 0 bridgehead atoms. The first-order valence-electron chi connectivity index (χ1n) is 3.73. The van der Waals surface area contributed by atoms with Crippen LogP contribution in [0.1, 0.15) is 26.7 Å². The largest absolute Gasteiger partial charge is 0.477 e. The van der Waals surface area contributed by atoms with Gasteiger partial charge in [-0.25, -0.2) is 4.79 Å². The molecule has 0 spiro atoms. The van der Waals surface area contributed by atoms with Crippen LogP contribution in [0.3, 0.4) is 0 Å². The second-order valence-electron chi connectivity index (χ2n) is 2.94. The number of hydrogen-bond acceptors (Lipinski definition) is 2. The van der Waals surface area contributed by atoms with Crippen LogP contribution in [0.2, 0.25) is 0 Å². The van der Waals surface area contributed by atoms with Crippen LogP contribution in [-0.4, -0.2) is 11.1 Å². The fraction of sp³-hybridized carbons (Fsp3) is 0.625. The number of rotatable bonds is 4. The third-order valence-corrected chi connectivity index (χ3v) is 1.36. The van der Waals surface area contributed by atoms with Crippen LogP contribution in [0.5, 0.6) is 0 Å². The molecule has 0 unspecified atom stereocenters. The topological polar surface area (TPSA) is 63.3 Å². The fourth-order valence-corrected chi connectivity index (χ4v) is 0.659. The van der Waals surface area contributed by atoms with Crippen molar-refractivity contribution in [3.05, 3.63) is 11.8 Å². The van der Waals surface area contributed by atoms with Crippen LogP contribution in [0.4, 0.5) is 0 Å². The van der Waals surface area contributed by atoms with Gasteiger partial charge in [0.25, 0.3) is 0 Å². The number of hydrogen-bond donors (Lipinski definition) is 2. The molecule has 3 N–H and O–H groups in total. The highest BCUT2D eigenvalue weighted by Crippen LogP contribution is 2.04. The fourth-order valence-electron chi connectivity index (χ4n) is 0.659. The normalized spacial score (nSPS) is 12.1. The van der Waals surface area contributed by atoms with E-state index in [-0.39, 0.29) is 5.70 Å². The Morgan fingerprint density at radius 1 is 1.64 bits per heavy atom. The molecule has 0 aromatic rings. The van der Waals surface area contributed by atoms with Gasteiger partial charge in [-0.15, -0.1) is 0 Å². The van der Waals surface area contributed by atoms with Crippen LogP contribution < -0.4 is 5.73 Å². The van der Waals surface area contributed by atoms with E-state index in [2.05, 4.69) is 13.8 Å². The second-order valence-corrected chi connectivity index (χ2v) is 2.94. The van der Waals surface area contributed by atoms with E-state index in [0.717, 1.165) is 12.8 Å². The van der Waals surface area contributed by atoms with Gasteiger partial charge in [-0.3, -0.25) is 0 Å². The van der Waals surface area contributed by atoms with Crippen LogP contribution in [0.15, 0.2) is 11.8 Å². The lowest BCUT2D eigenvalue weighted by Gasteiger charge is -1.99. The molecule has 0 heterocycles. The summed E-state index contributed by atoms with van der Waals surface area (Å²) in [6, 6.07) is 0. The average Bonchev–Trinajstić information content (AvgIpc) is 1.86. The Bertz CT molecular complexity index is 161. The summed E-state index contributed by atoms with van der Waals surface area (Å²) in [4.78, 5) is 10.2. The van der Waals surface area contributed by atoms with Gasteiger partial charge in [0.05, 0.1) is 0 Å². The van der Waals surface area contributed by atoms with Crippen molar-refractivity contribution in [3.8, 4) is 0 Å². The lowest BCUT2D eigenvalue weighted by molar-refractivity contribution is -0.132. The third kappa shape index (κ3) is 5.45. The summed E-state index contributed by atoms with van der Waals surface area (Å²) in [7, 11) is 0. The third-order valence-electron chi connectivity index (χ3n) is 1.36. The molecule has 0 atom stereocenters. The van der Waals surface area contributed by atoms with Crippen LogP contribution in [-0.2, 0) is 4.79 Å². The van der Waals surface area contributed by atoms with Crippen molar-refractivity contribution in [3.63, 3.8) is 0 Å². The van der Waals surface area contributed by atoms with E-state index in [0.29, 0.717) is 5.92 Å². The molecular formula is C8H15NO2. The van der Waals surface area contributed by atoms with Gasteiger partial charge in [0, 0.05) is 0 Å². The van der Waals surface area contributed by atoms with Crippen molar-refractivity contribution in [1.82, 2.24) is 0 Å². The highest BCUT2D eigenvalue weighted by atomic mass is 16.4. The van der Waals surface area contributed by atoms with Gasteiger partial charge >= 0.3 is 5.97 Å². The Hall–Kier alpha value is -0.990. The molecule has 0 radical (unpaired) electrons. The first kappa shape index (κ1) is 10.0. The average molecular weight is 157 g/mol. The molecule has 0 saturated heterocycles. The summed E-state index contributed by atoms with van der Waals surface area (Å²) >= 11 is 0. The molecule has 0 amide bonds. The summed E-state index contributed by atoms with van der Waals surface area (Å²) < 4.78 is 0. The minimum atomic E-state index is -1.03. The molecule has 64 valence electrons. The Morgan fingerprint density at radius 2 is 2.18 bits per heavy atom. The summed E-state index contributed by atoms with van der Waals surface area (Å²) in [5, 5.41) is 8.35. The predicted octanol–water partition coefficient (Wildman–Crippen LogP) is 1.35. The van der Waals surface area contributed by atoms with Crippen molar-refractivity contribution < 1.29 is 9.90 Å². The first-order chi connectivity index (χ1) is 5.04. The van der Waals surface area contributed by atoms with E-state index in [4.69, 9.17) is 10.8 Å². The number of carbonyl (C=O) groups is 1. The minimum Gasteiger partial charge on any atom is -0.477 e. The van der Waals surface area contributed by atoms with E-state index in [1.54, 1.807) is 6.08 Å². The Labute approximate surface area is 66.9 Å². The van der Waals surface area contributed by atoms with Crippen molar-refractivity contribution in [2.24, 2.45) is 11.7 Å². The number of nitrogens with two attached hydrogens (primary N) is 1. The van der Waals surface area contributed by atoms with Gasteiger partial charge in [-0.1, -0.05) is 19.9 Å². The Balaban J connectivity index is 3.65. The quantitative estimate of drug-likeness (QED) is 0.605. The van der Waals surface area contributed by atoms with Gasteiger partial charge < -0.3 is 10.8 Å². The van der Waals surface area contributed by atoms with Gasteiger partial charge in [0.15, 0.2) is 0 Å². The maximum Gasteiger partial charge on any atom is 0.351 e. The molecule has 0 aliphatic heterocycles. The number of carboxylic acids is 1. The maximum absolute atomic E-state index is 10.2. The van der Waals surface area contributed by atoms with E-state index < -0.39 is 5.97 Å². The molecule has 0 saturated carbocycles.